The van der Waals surface area contributed by atoms with Gasteiger partial charge in [0.2, 0.25) is 0 Å². The summed E-state index contributed by atoms with van der Waals surface area (Å²) in [6.07, 6.45) is 8.57. The number of rotatable bonds is 2. The maximum atomic E-state index is 6.16. The van der Waals surface area contributed by atoms with Crippen LogP contribution in [0.1, 0.15) is 37.8 Å². The molecule has 0 atom stereocenters. The molecule has 1 aliphatic carbocycles. The lowest BCUT2D eigenvalue weighted by atomic mass is 9.93. The minimum Gasteiger partial charge on any atom is -0.329 e. The minimum absolute atomic E-state index is 0.583. The van der Waals surface area contributed by atoms with Crippen LogP contribution in [0.4, 0.5) is 0 Å². The molecule has 0 spiro atoms. The van der Waals surface area contributed by atoms with Crippen molar-refractivity contribution in [2.75, 3.05) is 0 Å². The van der Waals surface area contributed by atoms with Gasteiger partial charge in [-0.1, -0.05) is 18.5 Å². The summed E-state index contributed by atoms with van der Waals surface area (Å²) in [4.78, 5) is 8.45. The number of halogens is 1. The normalized spacial score (nSPS) is 16.6. The first-order valence-corrected chi connectivity index (χ1v) is 6.19. The number of aromatic nitrogens is 3. The van der Waals surface area contributed by atoms with Gasteiger partial charge in [-0.05, 0) is 31.2 Å². The smallest absolute Gasteiger partial charge is 0.145 e. The number of aryl methyl sites for hydroxylation is 1. The fraction of sp³-hybridized carbons (Fsp3) is 0.500. The van der Waals surface area contributed by atoms with Crippen molar-refractivity contribution >= 4 is 22.6 Å². The fourth-order valence-corrected chi connectivity index (χ4v) is 2.58. The Morgan fingerprint density at radius 2 is 2.25 bits per heavy atom. The summed E-state index contributed by atoms with van der Waals surface area (Å²) < 4.78 is 2.28. The van der Waals surface area contributed by atoms with E-state index in [4.69, 9.17) is 11.6 Å². The van der Waals surface area contributed by atoms with Crippen molar-refractivity contribution in [3.8, 4) is 0 Å². The molecule has 2 heterocycles. The van der Waals surface area contributed by atoms with Crippen molar-refractivity contribution in [2.45, 2.75) is 38.6 Å². The average molecular weight is 236 g/mol. The topological polar surface area (TPSA) is 30.7 Å². The Hall–Kier alpha value is -1.09. The maximum absolute atomic E-state index is 6.16. The first kappa shape index (κ1) is 10.1. The number of hydrogen-bond acceptors (Lipinski definition) is 2. The largest absolute Gasteiger partial charge is 0.329 e. The fourth-order valence-electron chi connectivity index (χ4n) is 2.33. The quantitative estimate of drug-likeness (QED) is 0.748. The van der Waals surface area contributed by atoms with Gasteiger partial charge in [-0.25, -0.2) is 9.97 Å². The third-order valence-electron chi connectivity index (χ3n) is 3.49. The minimum atomic E-state index is 0.583. The highest BCUT2D eigenvalue weighted by molar-refractivity contribution is 6.34. The van der Waals surface area contributed by atoms with E-state index in [0.717, 1.165) is 17.5 Å². The van der Waals surface area contributed by atoms with Gasteiger partial charge in [-0.3, -0.25) is 0 Å². The maximum Gasteiger partial charge on any atom is 0.145 e. The summed E-state index contributed by atoms with van der Waals surface area (Å²) in [5.41, 5.74) is 2.26. The number of fused-ring (bicyclic) bond motifs is 1. The van der Waals surface area contributed by atoms with Gasteiger partial charge in [-0.2, -0.15) is 0 Å². The zero-order valence-electron chi connectivity index (χ0n) is 9.28. The van der Waals surface area contributed by atoms with Gasteiger partial charge in [0.15, 0.2) is 0 Å². The van der Waals surface area contributed by atoms with Gasteiger partial charge in [0, 0.05) is 12.2 Å². The Balaban J connectivity index is 2.25. The first-order valence-electron chi connectivity index (χ1n) is 5.81. The predicted molar refractivity (Wildman–Crippen MR) is 64.8 cm³/mol. The third-order valence-corrected chi connectivity index (χ3v) is 3.78. The summed E-state index contributed by atoms with van der Waals surface area (Å²) in [6, 6.07) is 0.619. The SMILES string of the molecule is CCc1cn(C2CCC2)c2ncnc(Cl)c12. The van der Waals surface area contributed by atoms with Gasteiger partial charge in [-0.15, -0.1) is 0 Å². The molecule has 3 rings (SSSR count). The van der Waals surface area contributed by atoms with Gasteiger partial charge in [0.25, 0.3) is 0 Å². The zero-order valence-corrected chi connectivity index (χ0v) is 10.0. The Kier molecular flexibility index (Phi) is 2.36. The van der Waals surface area contributed by atoms with Gasteiger partial charge < -0.3 is 4.57 Å². The lowest BCUT2D eigenvalue weighted by Gasteiger charge is -2.27. The molecule has 0 amide bonds. The summed E-state index contributed by atoms with van der Waals surface area (Å²) in [5.74, 6) is 0. The molecule has 1 fully saturated rings. The molecule has 0 unspecified atom stereocenters. The Morgan fingerprint density at radius 3 is 2.88 bits per heavy atom. The van der Waals surface area contributed by atoms with E-state index in [2.05, 4.69) is 27.7 Å². The molecule has 0 aliphatic heterocycles. The molecule has 2 aromatic heterocycles. The third kappa shape index (κ3) is 1.34. The van der Waals surface area contributed by atoms with Crippen LogP contribution in [0.3, 0.4) is 0 Å². The van der Waals surface area contributed by atoms with Crippen molar-refractivity contribution in [3.63, 3.8) is 0 Å². The molecule has 0 radical (unpaired) electrons. The van der Waals surface area contributed by atoms with Gasteiger partial charge in [0.1, 0.15) is 17.1 Å². The van der Waals surface area contributed by atoms with E-state index in [9.17, 15) is 0 Å². The molecule has 0 N–H and O–H groups in total. The van der Waals surface area contributed by atoms with Crippen LogP contribution >= 0.6 is 11.6 Å². The van der Waals surface area contributed by atoms with Crippen LogP contribution in [-0.2, 0) is 6.42 Å². The summed E-state index contributed by atoms with van der Waals surface area (Å²) in [6.45, 7) is 2.14. The molecular weight excluding hydrogens is 222 g/mol. The van der Waals surface area contributed by atoms with Crippen LogP contribution in [0.2, 0.25) is 5.15 Å². The molecule has 0 aromatic carbocycles. The predicted octanol–water partition coefficient (Wildman–Crippen LogP) is 3.37. The monoisotopic (exact) mass is 235 g/mol. The molecule has 0 bridgehead atoms. The highest BCUT2D eigenvalue weighted by Crippen LogP contribution is 2.36. The molecule has 2 aromatic rings. The van der Waals surface area contributed by atoms with Crippen LogP contribution in [0.25, 0.3) is 11.0 Å². The lowest BCUT2D eigenvalue weighted by molar-refractivity contribution is 0.320. The second-order valence-electron chi connectivity index (χ2n) is 4.36. The molecule has 84 valence electrons. The van der Waals surface area contributed by atoms with Gasteiger partial charge >= 0.3 is 0 Å². The number of hydrogen-bond donors (Lipinski definition) is 0. The van der Waals surface area contributed by atoms with Crippen LogP contribution in [0, 0.1) is 0 Å². The molecule has 3 nitrogen and oxygen atoms in total. The Labute approximate surface area is 99.5 Å². The Morgan fingerprint density at radius 1 is 1.44 bits per heavy atom. The van der Waals surface area contributed by atoms with Crippen LogP contribution < -0.4 is 0 Å². The highest BCUT2D eigenvalue weighted by atomic mass is 35.5. The molecule has 0 saturated heterocycles. The van der Waals surface area contributed by atoms with E-state index in [-0.39, 0.29) is 0 Å². The summed E-state index contributed by atoms with van der Waals surface area (Å²) in [7, 11) is 0. The molecule has 4 heteroatoms. The first-order chi connectivity index (χ1) is 7.81. The van der Waals surface area contributed by atoms with Crippen molar-refractivity contribution in [1.29, 1.82) is 0 Å². The van der Waals surface area contributed by atoms with Crippen molar-refractivity contribution in [3.05, 3.63) is 23.2 Å². The second kappa shape index (κ2) is 3.74. The molecular formula is C12H14ClN3. The lowest BCUT2D eigenvalue weighted by Crippen LogP contribution is -2.16. The van der Waals surface area contributed by atoms with E-state index >= 15 is 0 Å². The van der Waals surface area contributed by atoms with E-state index in [1.165, 1.54) is 24.8 Å². The van der Waals surface area contributed by atoms with Crippen LogP contribution in [-0.4, -0.2) is 14.5 Å². The van der Waals surface area contributed by atoms with Crippen molar-refractivity contribution in [2.24, 2.45) is 0 Å². The zero-order chi connectivity index (χ0) is 11.1. The summed E-state index contributed by atoms with van der Waals surface area (Å²) in [5, 5.41) is 1.62. The van der Waals surface area contributed by atoms with Crippen molar-refractivity contribution in [1.82, 2.24) is 14.5 Å². The Bertz CT molecular complexity index is 528. The standard InChI is InChI=1S/C12H14ClN3/c1-2-8-6-16(9-4-3-5-9)12-10(8)11(13)14-7-15-12/h6-7,9H,2-5H2,1H3. The number of nitrogens with zero attached hydrogens (tertiary/aromatic N) is 3. The van der Waals surface area contributed by atoms with Crippen molar-refractivity contribution < 1.29 is 0 Å². The second-order valence-corrected chi connectivity index (χ2v) is 4.72. The average Bonchev–Trinajstić information content (AvgIpc) is 2.56. The van der Waals surface area contributed by atoms with E-state index < -0.39 is 0 Å². The van der Waals surface area contributed by atoms with E-state index in [1.807, 2.05) is 0 Å². The highest BCUT2D eigenvalue weighted by Gasteiger charge is 2.23. The van der Waals surface area contributed by atoms with E-state index in [1.54, 1.807) is 6.33 Å². The summed E-state index contributed by atoms with van der Waals surface area (Å²) >= 11 is 6.16. The molecule has 1 aliphatic rings. The molecule has 16 heavy (non-hydrogen) atoms. The van der Waals surface area contributed by atoms with Crippen LogP contribution in [0.5, 0.6) is 0 Å². The van der Waals surface area contributed by atoms with Gasteiger partial charge in [0.05, 0.1) is 5.39 Å². The van der Waals surface area contributed by atoms with E-state index in [0.29, 0.717) is 11.2 Å². The van der Waals surface area contributed by atoms with Crippen LogP contribution in [0.15, 0.2) is 12.5 Å². The molecule has 1 saturated carbocycles.